The number of ether oxygens (including phenoxy) is 1. The van der Waals surface area contributed by atoms with Crippen molar-refractivity contribution in [1.29, 1.82) is 0 Å². The van der Waals surface area contributed by atoms with Gasteiger partial charge in [0.2, 0.25) is 0 Å². The Balaban J connectivity index is 1.52. The SMILES string of the molecule is Cn1cc(CN2CCC3(CC2)OCC(C)(O)c2cc(Cl)sc23)cn1. The number of likely N-dealkylation sites (tertiary alicyclic amines) is 1. The van der Waals surface area contributed by atoms with Crippen LogP contribution >= 0.6 is 22.9 Å². The third-order valence-corrected chi connectivity index (χ3v) is 6.60. The lowest BCUT2D eigenvalue weighted by Gasteiger charge is -2.46. The molecule has 1 atom stereocenters. The molecule has 2 aromatic heterocycles. The lowest BCUT2D eigenvalue weighted by Crippen LogP contribution is -2.49. The number of aryl methyl sites for hydroxylation is 1. The molecule has 0 radical (unpaired) electrons. The van der Waals surface area contributed by atoms with Gasteiger partial charge in [-0.05, 0) is 25.8 Å². The Morgan fingerprint density at radius 3 is 2.83 bits per heavy atom. The molecular formula is C17H22ClN3O2S. The third kappa shape index (κ3) is 2.80. The highest BCUT2D eigenvalue weighted by atomic mass is 35.5. The van der Waals surface area contributed by atoms with Crippen LogP contribution in [0.4, 0.5) is 0 Å². The van der Waals surface area contributed by atoms with E-state index in [1.54, 1.807) is 18.3 Å². The number of nitrogens with zero attached hydrogens (tertiary/aromatic N) is 3. The highest BCUT2D eigenvalue weighted by Gasteiger charge is 2.48. The van der Waals surface area contributed by atoms with Gasteiger partial charge in [0.05, 0.1) is 17.1 Å². The van der Waals surface area contributed by atoms with Crippen LogP contribution in [-0.4, -0.2) is 39.5 Å². The number of fused-ring (bicyclic) bond motifs is 2. The zero-order chi connectivity index (χ0) is 16.9. The summed E-state index contributed by atoms with van der Waals surface area (Å²) < 4.78 is 8.79. The summed E-state index contributed by atoms with van der Waals surface area (Å²) in [6.07, 6.45) is 5.84. The number of aliphatic hydroxyl groups is 1. The van der Waals surface area contributed by atoms with Crippen LogP contribution in [0.5, 0.6) is 0 Å². The number of hydrogen-bond donors (Lipinski definition) is 1. The lowest BCUT2D eigenvalue weighted by atomic mass is 9.81. The van der Waals surface area contributed by atoms with Crippen LogP contribution < -0.4 is 0 Å². The Labute approximate surface area is 150 Å². The summed E-state index contributed by atoms with van der Waals surface area (Å²) in [5.74, 6) is 0. The third-order valence-electron chi connectivity index (χ3n) is 5.15. The van der Waals surface area contributed by atoms with Gasteiger partial charge in [-0.1, -0.05) is 11.6 Å². The molecule has 4 rings (SSSR count). The molecule has 1 spiro atoms. The molecule has 7 heteroatoms. The van der Waals surface area contributed by atoms with Gasteiger partial charge in [-0.2, -0.15) is 5.10 Å². The highest BCUT2D eigenvalue weighted by molar-refractivity contribution is 7.16. The van der Waals surface area contributed by atoms with Gasteiger partial charge in [0.15, 0.2) is 0 Å². The molecule has 2 aliphatic rings. The maximum atomic E-state index is 10.6. The molecule has 5 nitrogen and oxygen atoms in total. The lowest BCUT2D eigenvalue weighted by molar-refractivity contribution is -0.159. The van der Waals surface area contributed by atoms with Crippen LogP contribution in [0, 0.1) is 0 Å². The molecule has 1 fully saturated rings. The number of rotatable bonds is 2. The predicted octanol–water partition coefficient (Wildman–Crippen LogP) is 2.86. The van der Waals surface area contributed by atoms with Crippen molar-refractivity contribution in [3.05, 3.63) is 38.8 Å². The molecule has 0 bridgehead atoms. The minimum atomic E-state index is -0.947. The first-order chi connectivity index (χ1) is 11.4. The summed E-state index contributed by atoms with van der Waals surface area (Å²) in [5, 5.41) is 14.8. The molecule has 2 aliphatic heterocycles. The Morgan fingerprint density at radius 2 is 2.17 bits per heavy atom. The smallest absolute Gasteiger partial charge is 0.111 e. The van der Waals surface area contributed by atoms with Gasteiger partial charge in [-0.15, -0.1) is 11.3 Å². The first-order valence-electron chi connectivity index (χ1n) is 8.24. The van der Waals surface area contributed by atoms with Crippen molar-refractivity contribution in [2.24, 2.45) is 7.05 Å². The fraction of sp³-hybridized carbons (Fsp3) is 0.588. The van der Waals surface area contributed by atoms with Crippen LogP contribution in [-0.2, 0) is 29.5 Å². The van der Waals surface area contributed by atoms with Gasteiger partial charge >= 0.3 is 0 Å². The van der Waals surface area contributed by atoms with E-state index in [1.807, 2.05) is 24.0 Å². The molecule has 1 unspecified atom stereocenters. The van der Waals surface area contributed by atoms with Gasteiger partial charge in [0, 0.05) is 48.9 Å². The molecule has 1 saturated heterocycles. The second-order valence-electron chi connectivity index (χ2n) is 7.15. The zero-order valence-electron chi connectivity index (χ0n) is 14.0. The molecule has 0 aromatic carbocycles. The average molecular weight is 368 g/mol. The van der Waals surface area contributed by atoms with Crippen molar-refractivity contribution in [3.8, 4) is 0 Å². The van der Waals surface area contributed by atoms with E-state index < -0.39 is 5.60 Å². The minimum absolute atomic E-state index is 0.291. The predicted molar refractivity (Wildman–Crippen MR) is 94.2 cm³/mol. The first kappa shape index (κ1) is 16.5. The van der Waals surface area contributed by atoms with Crippen molar-refractivity contribution < 1.29 is 9.84 Å². The largest absolute Gasteiger partial charge is 0.383 e. The standard InChI is InChI=1S/C17H22ClN3O2S/c1-16(22)11-23-17(15-13(16)7-14(18)24-15)3-5-21(6-4-17)10-12-8-19-20(2)9-12/h7-9,22H,3-6,10-11H2,1-2H3. The van der Waals surface area contributed by atoms with Crippen LogP contribution in [0.3, 0.4) is 0 Å². The summed E-state index contributed by atoms with van der Waals surface area (Å²) in [5.41, 5.74) is 0.947. The van der Waals surface area contributed by atoms with Crippen LogP contribution in [0.2, 0.25) is 4.34 Å². The van der Waals surface area contributed by atoms with E-state index in [2.05, 4.69) is 16.2 Å². The van der Waals surface area contributed by atoms with E-state index in [0.717, 1.165) is 47.3 Å². The van der Waals surface area contributed by atoms with Gasteiger partial charge in [0.25, 0.3) is 0 Å². The van der Waals surface area contributed by atoms with Gasteiger partial charge in [-0.25, -0.2) is 0 Å². The molecule has 0 aliphatic carbocycles. The Bertz CT molecular complexity index is 747. The van der Waals surface area contributed by atoms with E-state index in [-0.39, 0.29) is 5.60 Å². The van der Waals surface area contributed by atoms with Crippen molar-refractivity contribution in [2.75, 3.05) is 19.7 Å². The molecule has 0 saturated carbocycles. The van der Waals surface area contributed by atoms with E-state index in [0.29, 0.717) is 6.61 Å². The molecule has 4 heterocycles. The van der Waals surface area contributed by atoms with Crippen molar-refractivity contribution >= 4 is 22.9 Å². The summed E-state index contributed by atoms with van der Waals surface area (Å²) >= 11 is 7.81. The second kappa shape index (κ2) is 5.81. The van der Waals surface area contributed by atoms with Gasteiger partial charge in [0.1, 0.15) is 11.2 Å². The van der Waals surface area contributed by atoms with Crippen LogP contribution in [0.15, 0.2) is 18.5 Å². The normalized spacial score (nSPS) is 26.7. The summed E-state index contributed by atoms with van der Waals surface area (Å²) in [4.78, 5) is 3.55. The van der Waals surface area contributed by atoms with E-state index >= 15 is 0 Å². The molecule has 24 heavy (non-hydrogen) atoms. The van der Waals surface area contributed by atoms with E-state index in [1.165, 1.54) is 5.56 Å². The second-order valence-corrected chi connectivity index (χ2v) is 8.83. The zero-order valence-corrected chi connectivity index (χ0v) is 15.5. The van der Waals surface area contributed by atoms with E-state index in [4.69, 9.17) is 16.3 Å². The monoisotopic (exact) mass is 367 g/mol. The molecule has 1 N–H and O–H groups in total. The Kier molecular flexibility index (Phi) is 4.01. The quantitative estimate of drug-likeness (QED) is 0.886. The fourth-order valence-corrected chi connectivity index (χ4v) is 5.33. The average Bonchev–Trinajstić information content (AvgIpc) is 3.13. The van der Waals surface area contributed by atoms with Crippen molar-refractivity contribution in [2.45, 2.75) is 37.5 Å². The Hall–Kier alpha value is -0.920. The van der Waals surface area contributed by atoms with Crippen LogP contribution in [0.1, 0.15) is 35.8 Å². The number of aromatic nitrogens is 2. The molecule has 130 valence electrons. The van der Waals surface area contributed by atoms with E-state index in [9.17, 15) is 5.11 Å². The topological polar surface area (TPSA) is 50.5 Å². The van der Waals surface area contributed by atoms with Crippen molar-refractivity contribution in [3.63, 3.8) is 0 Å². The Morgan fingerprint density at radius 1 is 1.42 bits per heavy atom. The van der Waals surface area contributed by atoms with Gasteiger partial charge in [-0.3, -0.25) is 9.58 Å². The van der Waals surface area contributed by atoms with Gasteiger partial charge < -0.3 is 9.84 Å². The van der Waals surface area contributed by atoms with Crippen LogP contribution in [0.25, 0.3) is 0 Å². The number of thiophene rings is 1. The maximum absolute atomic E-state index is 10.6. The molecule has 0 amide bonds. The fourth-order valence-electron chi connectivity index (χ4n) is 3.78. The summed E-state index contributed by atoms with van der Waals surface area (Å²) in [6.45, 7) is 4.98. The summed E-state index contributed by atoms with van der Waals surface area (Å²) in [6, 6.07) is 1.91. The number of piperidine rings is 1. The summed E-state index contributed by atoms with van der Waals surface area (Å²) in [7, 11) is 1.94. The highest BCUT2D eigenvalue weighted by Crippen LogP contribution is 2.50. The number of halogens is 1. The number of hydrogen-bond acceptors (Lipinski definition) is 5. The molecule has 2 aromatic rings. The maximum Gasteiger partial charge on any atom is 0.111 e. The first-order valence-corrected chi connectivity index (χ1v) is 9.44. The minimum Gasteiger partial charge on any atom is -0.383 e. The van der Waals surface area contributed by atoms with Crippen molar-refractivity contribution in [1.82, 2.24) is 14.7 Å². The molecular weight excluding hydrogens is 346 g/mol.